The van der Waals surface area contributed by atoms with Gasteiger partial charge in [0.15, 0.2) is 0 Å². The highest BCUT2D eigenvalue weighted by molar-refractivity contribution is 6.00. The van der Waals surface area contributed by atoms with E-state index in [2.05, 4.69) is 15.6 Å². The Kier molecular flexibility index (Phi) is 7.30. The molecule has 0 spiro atoms. The topological polar surface area (TPSA) is 80.3 Å². The number of carbonyl (C=O) groups excluding carboxylic acids is 2. The molecular formula is C28H25N3O3. The first-order valence-electron chi connectivity index (χ1n) is 11.0. The largest absolute Gasteiger partial charge is 0.457 e. The minimum absolute atomic E-state index is 0.106. The van der Waals surface area contributed by atoms with Crippen molar-refractivity contribution >= 4 is 11.8 Å². The third-order valence-corrected chi connectivity index (χ3v) is 5.28. The second kappa shape index (κ2) is 10.9. The second-order valence-corrected chi connectivity index (χ2v) is 7.62. The number of benzene rings is 3. The number of carbonyl (C=O) groups is 2. The highest BCUT2D eigenvalue weighted by atomic mass is 16.5. The van der Waals surface area contributed by atoms with Crippen LogP contribution in [0.15, 0.2) is 97.2 Å². The maximum Gasteiger partial charge on any atom is 0.269 e. The first-order valence-corrected chi connectivity index (χ1v) is 11.0. The average Bonchev–Trinajstić information content (AvgIpc) is 2.89. The van der Waals surface area contributed by atoms with E-state index in [0.29, 0.717) is 30.0 Å². The van der Waals surface area contributed by atoms with E-state index in [1.165, 1.54) is 6.20 Å². The maximum atomic E-state index is 12.9. The van der Waals surface area contributed by atoms with Gasteiger partial charge in [0.05, 0.1) is 0 Å². The molecule has 170 valence electrons. The Balaban J connectivity index is 1.38. The van der Waals surface area contributed by atoms with Crippen LogP contribution in [0.3, 0.4) is 0 Å². The van der Waals surface area contributed by atoms with E-state index < -0.39 is 0 Å². The third kappa shape index (κ3) is 5.66. The van der Waals surface area contributed by atoms with Crippen LogP contribution in [0.5, 0.6) is 11.5 Å². The Hall–Kier alpha value is -4.45. The Labute approximate surface area is 198 Å². The molecule has 2 amide bonds. The predicted molar refractivity (Wildman–Crippen MR) is 132 cm³/mol. The van der Waals surface area contributed by atoms with Crippen LogP contribution in [0.25, 0.3) is 11.1 Å². The van der Waals surface area contributed by atoms with E-state index in [0.717, 1.165) is 16.7 Å². The summed E-state index contributed by atoms with van der Waals surface area (Å²) in [5.74, 6) is 0.790. The van der Waals surface area contributed by atoms with Crippen LogP contribution < -0.4 is 15.4 Å². The zero-order chi connectivity index (χ0) is 23.8. The number of hydrogen-bond acceptors (Lipinski definition) is 4. The Bertz CT molecular complexity index is 1290. The van der Waals surface area contributed by atoms with Crippen molar-refractivity contribution in [1.29, 1.82) is 0 Å². The Morgan fingerprint density at radius 3 is 2.41 bits per heavy atom. The van der Waals surface area contributed by atoms with Gasteiger partial charge in [-0.1, -0.05) is 60.7 Å². The summed E-state index contributed by atoms with van der Waals surface area (Å²) >= 11 is 0. The molecule has 6 nitrogen and oxygen atoms in total. The van der Waals surface area contributed by atoms with Gasteiger partial charge in [-0.15, -0.1) is 0 Å². The fraction of sp³-hybridized carbons (Fsp3) is 0.107. The summed E-state index contributed by atoms with van der Waals surface area (Å²) in [4.78, 5) is 28.7. The lowest BCUT2D eigenvalue weighted by atomic mass is 9.99. The number of ether oxygens (including phenoxy) is 1. The number of nitrogens with one attached hydrogen (secondary N) is 2. The van der Waals surface area contributed by atoms with Gasteiger partial charge in [0, 0.05) is 31.4 Å². The molecule has 0 saturated carbocycles. The van der Waals surface area contributed by atoms with Crippen LogP contribution >= 0.6 is 0 Å². The number of rotatable bonds is 8. The number of hydrogen-bond donors (Lipinski definition) is 2. The monoisotopic (exact) mass is 451 g/mol. The molecule has 2 N–H and O–H groups in total. The molecular weight excluding hydrogens is 426 g/mol. The van der Waals surface area contributed by atoms with Gasteiger partial charge in [-0.25, -0.2) is 0 Å². The zero-order valence-corrected chi connectivity index (χ0v) is 18.8. The molecule has 4 rings (SSSR count). The first kappa shape index (κ1) is 22.7. The predicted octanol–water partition coefficient (Wildman–Crippen LogP) is 4.87. The SMILES string of the molecule is CNC(=O)c1cc(Oc2cccc(CCNC(=O)c3ccccc3-c3ccccc3)c2)ccn1. The van der Waals surface area contributed by atoms with E-state index in [-0.39, 0.29) is 17.5 Å². The molecule has 3 aromatic carbocycles. The highest BCUT2D eigenvalue weighted by Gasteiger charge is 2.12. The average molecular weight is 452 g/mol. The van der Waals surface area contributed by atoms with Crippen molar-refractivity contribution < 1.29 is 14.3 Å². The highest BCUT2D eigenvalue weighted by Crippen LogP contribution is 2.24. The normalized spacial score (nSPS) is 10.4. The molecule has 0 aliphatic heterocycles. The molecule has 34 heavy (non-hydrogen) atoms. The zero-order valence-electron chi connectivity index (χ0n) is 18.8. The second-order valence-electron chi connectivity index (χ2n) is 7.62. The smallest absolute Gasteiger partial charge is 0.269 e. The molecule has 6 heteroatoms. The van der Waals surface area contributed by atoms with E-state index >= 15 is 0 Å². The van der Waals surface area contributed by atoms with Crippen LogP contribution in [0.4, 0.5) is 0 Å². The molecule has 0 unspecified atom stereocenters. The molecule has 1 heterocycles. The molecule has 0 bridgehead atoms. The summed E-state index contributed by atoms with van der Waals surface area (Å²) in [6, 6.07) is 28.4. The van der Waals surface area contributed by atoms with Crippen molar-refractivity contribution in [2.75, 3.05) is 13.6 Å². The summed E-state index contributed by atoms with van der Waals surface area (Å²) < 4.78 is 5.91. The van der Waals surface area contributed by atoms with Crippen LogP contribution in [0, 0.1) is 0 Å². The lowest BCUT2D eigenvalue weighted by Crippen LogP contribution is -2.26. The fourth-order valence-corrected chi connectivity index (χ4v) is 3.59. The summed E-state index contributed by atoms with van der Waals surface area (Å²) in [7, 11) is 1.56. The number of pyridine rings is 1. The van der Waals surface area contributed by atoms with Gasteiger partial charge >= 0.3 is 0 Å². The lowest BCUT2D eigenvalue weighted by Gasteiger charge is -2.11. The van der Waals surface area contributed by atoms with Crippen LogP contribution in [-0.2, 0) is 6.42 Å². The molecule has 0 fully saturated rings. The Morgan fingerprint density at radius 1 is 0.824 bits per heavy atom. The molecule has 0 saturated heterocycles. The molecule has 4 aromatic rings. The first-order chi connectivity index (χ1) is 16.6. The van der Waals surface area contributed by atoms with Gasteiger partial charge in [-0.2, -0.15) is 0 Å². The number of nitrogens with zero attached hydrogens (tertiary/aromatic N) is 1. The number of aromatic nitrogens is 1. The van der Waals surface area contributed by atoms with E-state index in [9.17, 15) is 9.59 Å². The molecule has 1 aromatic heterocycles. The van der Waals surface area contributed by atoms with Gasteiger partial charge in [-0.05, 0) is 47.4 Å². The van der Waals surface area contributed by atoms with Gasteiger partial charge in [0.2, 0.25) is 0 Å². The summed E-state index contributed by atoms with van der Waals surface area (Å²) in [6.45, 7) is 0.488. The van der Waals surface area contributed by atoms with Crippen molar-refractivity contribution in [1.82, 2.24) is 15.6 Å². The molecule has 0 radical (unpaired) electrons. The van der Waals surface area contributed by atoms with Crippen molar-refractivity contribution in [2.45, 2.75) is 6.42 Å². The van der Waals surface area contributed by atoms with Crippen LogP contribution in [-0.4, -0.2) is 30.4 Å². The van der Waals surface area contributed by atoms with Crippen molar-refractivity contribution in [3.8, 4) is 22.6 Å². The van der Waals surface area contributed by atoms with Gasteiger partial charge in [-0.3, -0.25) is 14.6 Å². The standard InChI is InChI=1S/C28H25N3O3/c1-29-28(33)26-19-23(15-17-30-26)34-22-11-7-8-20(18-22)14-16-31-27(32)25-13-6-5-12-24(25)21-9-3-2-4-10-21/h2-13,15,17-19H,14,16H2,1H3,(H,29,33)(H,31,32). The summed E-state index contributed by atoms with van der Waals surface area (Å²) in [5, 5.41) is 5.57. The van der Waals surface area contributed by atoms with Crippen LogP contribution in [0.2, 0.25) is 0 Å². The summed E-state index contributed by atoms with van der Waals surface area (Å²) in [5.41, 5.74) is 3.87. The van der Waals surface area contributed by atoms with Gasteiger partial charge in [0.1, 0.15) is 17.2 Å². The van der Waals surface area contributed by atoms with Crippen molar-refractivity contribution in [2.24, 2.45) is 0 Å². The van der Waals surface area contributed by atoms with Gasteiger partial charge < -0.3 is 15.4 Å². The van der Waals surface area contributed by atoms with E-state index in [1.807, 2.05) is 78.9 Å². The fourth-order valence-electron chi connectivity index (χ4n) is 3.59. The lowest BCUT2D eigenvalue weighted by molar-refractivity contribution is 0.0948. The van der Waals surface area contributed by atoms with E-state index in [1.54, 1.807) is 19.2 Å². The van der Waals surface area contributed by atoms with Crippen molar-refractivity contribution in [3.63, 3.8) is 0 Å². The minimum atomic E-state index is -0.274. The molecule has 0 aliphatic rings. The van der Waals surface area contributed by atoms with Crippen molar-refractivity contribution in [3.05, 3.63) is 114 Å². The third-order valence-electron chi connectivity index (χ3n) is 5.28. The van der Waals surface area contributed by atoms with E-state index in [4.69, 9.17) is 4.74 Å². The molecule has 0 atom stereocenters. The number of amides is 2. The minimum Gasteiger partial charge on any atom is -0.457 e. The Morgan fingerprint density at radius 2 is 1.59 bits per heavy atom. The maximum absolute atomic E-state index is 12.9. The van der Waals surface area contributed by atoms with Gasteiger partial charge in [0.25, 0.3) is 11.8 Å². The summed E-state index contributed by atoms with van der Waals surface area (Å²) in [6.07, 6.45) is 2.18. The quantitative estimate of drug-likeness (QED) is 0.400. The van der Waals surface area contributed by atoms with Crippen LogP contribution in [0.1, 0.15) is 26.4 Å². The molecule has 0 aliphatic carbocycles.